The molecule has 0 aliphatic carbocycles. The minimum Gasteiger partial charge on any atom is -0.451 e. The van der Waals surface area contributed by atoms with Crippen molar-refractivity contribution < 1.29 is 14.3 Å². The van der Waals surface area contributed by atoms with Crippen LogP contribution in [0.15, 0.2) is 28.7 Å². The lowest BCUT2D eigenvalue weighted by atomic mass is 9.86. The Bertz CT molecular complexity index is 593. The SMILES string of the molecule is CC(C)(C)C(O)C(=O)c1cc2cccc(Cl)c2o1. The molecule has 0 amide bonds. The van der Waals surface area contributed by atoms with E-state index in [0.717, 1.165) is 5.39 Å². The first-order chi connectivity index (χ1) is 8.30. The van der Waals surface area contributed by atoms with E-state index in [0.29, 0.717) is 10.6 Å². The lowest BCUT2D eigenvalue weighted by Gasteiger charge is -2.23. The van der Waals surface area contributed by atoms with Crippen LogP contribution < -0.4 is 0 Å². The van der Waals surface area contributed by atoms with Gasteiger partial charge in [0.25, 0.3) is 0 Å². The van der Waals surface area contributed by atoms with Crippen LogP contribution >= 0.6 is 11.6 Å². The standard InChI is InChI=1S/C14H15ClO3/c1-14(2,3)13(17)11(16)10-7-8-5-4-6-9(15)12(8)18-10/h4-7,13,17H,1-3H3. The molecule has 1 N–H and O–H groups in total. The van der Waals surface area contributed by atoms with Gasteiger partial charge < -0.3 is 9.52 Å². The molecule has 96 valence electrons. The summed E-state index contributed by atoms with van der Waals surface area (Å²) in [5, 5.41) is 11.2. The summed E-state index contributed by atoms with van der Waals surface area (Å²) in [4.78, 5) is 12.1. The molecular formula is C14H15ClO3. The van der Waals surface area contributed by atoms with Crippen molar-refractivity contribution in [2.24, 2.45) is 5.41 Å². The lowest BCUT2D eigenvalue weighted by molar-refractivity contribution is 0.0418. The van der Waals surface area contributed by atoms with Crippen LogP contribution in [0.4, 0.5) is 0 Å². The van der Waals surface area contributed by atoms with Crippen LogP contribution in [0.2, 0.25) is 5.02 Å². The largest absolute Gasteiger partial charge is 0.451 e. The number of hydrogen-bond acceptors (Lipinski definition) is 3. The molecule has 0 saturated heterocycles. The van der Waals surface area contributed by atoms with Crippen LogP contribution in [-0.4, -0.2) is 17.0 Å². The van der Waals surface area contributed by atoms with Gasteiger partial charge >= 0.3 is 0 Å². The van der Waals surface area contributed by atoms with Crippen molar-refractivity contribution in [2.45, 2.75) is 26.9 Å². The summed E-state index contributed by atoms with van der Waals surface area (Å²) >= 11 is 5.98. The van der Waals surface area contributed by atoms with Gasteiger partial charge in [0.1, 0.15) is 6.10 Å². The second-order valence-corrected chi connectivity index (χ2v) is 5.81. The molecule has 0 saturated carbocycles. The number of para-hydroxylation sites is 1. The van der Waals surface area contributed by atoms with Gasteiger partial charge in [0.2, 0.25) is 5.78 Å². The minimum atomic E-state index is -1.10. The van der Waals surface area contributed by atoms with E-state index in [9.17, 15) is 9.90 Å². The number of carbonyl (C=O) groups is 1. The zero-order valence-corrected chi connectivity index (χ0v) is 11.3. The number of halogens is 1. The van der Waals surface area contributed by atoms with Crippen LogP contribution in [0.1, 0.15) is 31.3 Å². The Labute approximate surface area is 110 Å². The van der Waals surface area contributed by atoms with Crippen LogP contribution in [0.25, 0.3) is 11.0 Å². The second kappa shape index (κ2) is 4.41. The van der Waals surface area contributed by atoms with Gasteiger partial charge in [-0.2, -0.15) is 0 Å². The first kappa shape index (κ1) is 13.1. The topological polar surface area (TPSA) is 50.4 Å². The smallest absolute Gasteiger partial charge is 0.226 e. The molecule has 4 heteroatoms. The monoisotopic (exact) mass is 266 g/mol. The summed E-state index contributed by atoms with van der Waals surface area (Å²) in [5.41, 5.74) is -0.0523. The van der Waals surface area contributed by atoms with Gasteiger partial charge in [0, 0.05) is 5.39 Å². The molecule has 0 radical (unpaired) electrons. The zero-order valence-electron chi connectivity index (χ0n) is 10.5. The van der Waals surface area contributed by atoms with E-state index in [1.807, 2.05) is 6.07 Å². The van der Waals surface area contributed by atoms with Crippen LogP contribution in [-0.2, 0) is 0 Å². The summed E-state index contributed by atoms with van der Waals surface area (Å²) in [7, 11) is 0. The predicted molar refractivity (Wildman–Crippen MR) is 71.0 cm³/mol. The number of rotatable bonds is 2. The van der Waals surface area contributed by atoms with E-state index in [2.05, 4.69) is 0 Å². The van der Waals surface area contributed by atoms with Crippen molar-refractivity contribution in [1.82, 2.24) is 0 Å². The Morgan fingerprint density at radius 2 is 2.06 bits per heavy atom. The van der Waals surface area contributed by atoms with E-state index >= 15 is 0 Å². The van der Waals surface area contributed by atoms with Crippen LogP contribution in [0.3, 0.4) is 0 Å². The number of benzene rings is 1. The lowest BCUT2D eigenvalue weighted by Crippen LogP contribution is -2.33. The fourth-order valence-corrected chi connectivity index (χ4v) is 1.90. The molecule has 2 rings (SSSR count). The molecule has 0 aliphatic rings. The van der Waals surface area contributed by atoms with E-state index < -0.39 is 17.3 Å². The molecule has 0 aliphatic heterocycles. The molecule has 1 heterocycles. The Kier molecular flexibility index (Phi) is 3.21. The van der Waals surface area contributed by atoms with Gasteiger partial charge in [0.05, 0.1) is 5.02 Å². The molecule has 1 aromatic carbocycles. The summed E-state index contributed by atoms with van der Waals surface area (Å²) < 4.78 is 5.44. The first-order valence-electron chi connectivity index (χ1n) is 5.71. The normalized spacial score (nSPS) is 13.8. The molecule has 2 aromatic rings. The van der Waals surface area contributed by atoms with E-state index in [4.69, 9.17) is 16.0 Å². The highest BCUT2D eigenvalue weighted by Crippen LogP contribution is 2.29. The molecule has 0 bridgehead atoms. The number of Topliss-reactive ketones (excluding diaryl/α,β-unsaturated/α-hetero) is 1. The van der Waals surface area contributed by atoms with Crippen molar-refractivity contribution in [3.63, 3.8) is 0 Å². The van der Waals surface area contributed by atoms with Crippen molar-refractivity contribution >= 4 is 28.4 Å². The van der Waals surface area contributed by atoms with Crippen molar-refractivity contribution in [3.05, 3.63) is 35.0 Å². The van der Waals surface area contributed by atoms with E-state index in [1.54, 1.807) is 39.0 Å². The second-order valence-electron chi connectivity index (χ2n) is 5.40. The average molecular weight is 267 g/mol. The van der Waals surface area contributed by atoms with Crippen LogP contribution in [0.5, 0.6) is 0 Å². The highest BCUT2D eigenvalue weighted by Gasteiger charge is 2.31. The summed E-state index contributed by atoms with van der Waals surface area (Å²) in [5.74, 6) is -0.282. The van der Waals surface area contributed by atoms with Gasteiger partial charge in [-0.1, -0.05) is 44.5 Å². The minimum absolute atomic E-state index is 0.139. The molecule has 0 spiro atoms. The molecule has 0 fully saturated rings. The molecule has 18 heavy (non-hydrogen) atoms. The van der Waals surface area contributed by atoms with Gasteiger partial charge in [-0.15, -0.1) is 0 Å². The third kappa shape index (κ3) is 2.28. The highest BCUT2D eigenvalue weighted by molar-refractivity contribution is 6.34. The summed E-state index contributed by atoms with van der Waals surface area (Å²) in [6.07, 6.45) is -1.10. The fraction of sp³-hybridized carbons (Fsp3) is 0.357. The summed E-state index contributed by atoms with van der Waals surface area (Å²) in [6.45, 7) is 5.39. The van der Waals surface area contributed by atoms with Gasteiger partial charge in [-0.3, -0.25) is 4.79 Å². The fourth-order valence-electron chi connectivity index (χ4n) is 1.68. The Morgan fingerprint density at radius 1 is 1.39 bits per heavy atom. The molecular weight excluding hydrogens is 252 g/mol. The van der Waals surface area contributed by atoms with Gasteiger partial charge in [-0.25, -0.2) is 0 Å². The number of hydrogen-bond donors (Lipinski definition) is 1. The molecule has 3 nitrogen and oxygen atoms in total. The van der Waals surface area contributed by atoms with Crippen molar-refractivity contribution in [2.75, 3.05) is 0 Å². The van der Waals surface area contributed by atoms with E-state index in [1.165, 1.54) is 0 Å². The maximum Gasteiger partial charge on any atom is 0.226 e. The molecule has 1 aromatic heterocycles. The van der Waals surface area contributed by atoms with Gasteiger partial charge in [-0.05, 0) is 17.5 Å². The third-order valence-electron chi connectivity index (χ3n) is 2.81. The maximum absolute atomic E-state index is 12.1. The number of fused-ring (bicyclic) bond motifs is 1. The Balaban J connectivity index is 2.43. The van der Waals surface area contributed by atoms with Crippen LogP contribution in [0, 0.1) is 5.41 Å². The number of aliphatic hydroxyl groups excluding tert-OH is 1. The van der Waals surface area contributed by atoms with E-state index in [-0.39, 0.29) is 5.76 Å². The predicted octanol–water partition coefficient (Wildman–Crippen LogP) is 3.68. The maximum atomic E-state index is 12.1. The third-order valence-corrected chi connectivity index (χ3v) is 3.11. The number of ketones is 1. The number of furan rings is 1. The first-order valence-corrected chi connectivity index (χ1v) is 6.09. The quantitative estimate of drug-likeness (QED) is 0.844. The Morgan fingerprint density at radius 3 is 2.61 bits per heavy atom. The van der Waals surface area contributed by atoms with Crippen molar-refractivity contribution in [1.29, 1.82) is 0 Å². The number of carbonyl (C=O) groups excluding carboxylic acids is 1. The van der Waals surface area contributed by atoms with Gasteiger partial charge in [0.15, 0.2) is 11.3 Å². The molecule has 1 unspecified atom stereocenters. The summed E-state index contributed by atoms with van der Waals surface area (Å²) in [6, 6.07) is 6.90. The van der Waals surface area contributed by atoms with Crippen molar-refractivity contribution in [3.8, 4) is 0 Å². The zero-order chi connectivity index (χ0) is 13.5. The average Bonchev–Trinajstić information content (AvgIpc) is 2.71. The number of aliphatic hydroxyl groups is 1. The Hall–Kier alpha value is -1.32. The highest BCUT2D eigenvalue weighted by atomic mass is 35.5. The molecule has 1 atom stereocenters.